The molecule has 5 nitrogen and oxygen atoms in total. The number of carboxylic acids is 1. The minimum Gasteiger partial charge on any atom is -0.480 e. The summed E-state index contributed by atoms with van der Waals surface area (Å²) >= 11 is 0. The number of carbonyl (C=O) groups excluding carboxylic acids is 1. The van der Waals surface area contributed by atoms with E-state index in [0.717, 1.165) is 5.56 Å². The molecule has 0 bridgehead atoms. The molecular formula is C16H24N2O3. The predicted octanol–water partition coefficient (Wildman–Crippen LogP) is 2.42. The number of carboxylic acid groups (broad SMARTS) is 1. The molecule has 0 saturated carbocycles. The number of carbonyl (C=O) groups is 2. The molecule has 1 aromatic rings. The molecule has 0 spiro atoms. The highest BCUT2D eigenvalue weighted by Gasteiger charge is 2.25. The minimum absolute atomic E-state index is 0.0706. The second kappa shape index (κ2) is 8.29. The number of hydrogen-bond acceptors (Lipinski definition) is 2. The quantitative estimate of drug-likeness (QED) is 0.722. The van der Waals surface area contributed by atoms with Gasteiger partial charge in [0.2, 0.25) is 0 Å². The third-order valence-corrected chi connectivity index (χ3v) is 3.53. The SMILES string of the molecule is CC[C@H](C)[C@H](NC(=O)NC(C)Cc1ccccc1)C(=O)O. The third kappa shape index (κ3) is 5.85. The molecule has 0 aliphatic rings. The van der Waals surface area contributed by atoms with Crippen LogP contribution in [0.3, 0.4) is 0 Å². The van der Waals surface area contributed by atoms with Crippen molar-refractivity contribution in [3.63, 3.8) is 0 Å². The van der Waals surface area contributed by atoms with Crippen LogP contribution >= 0.6 is 0 Å². The van der Waals surface area contributed by atoms with Crippen molar-refractivity contribution in [1.82, 2.24) is 10.6 Å². The van der Waals surface area contributed by atoms with Gasteiger partial charge in [-0.15, -0.1) is 0 Å². The van der Waals surface area contributed by atoms with Crippen molar-refractivity contribution in [2.24, 2.45) is 5.92 Å². The Bertz CT molecular complexity index is 462. The zero-order chi connectivity index (χ0) is 15.8. The molecule has 0 aliphatic heterocycles. The average Bonchev–Trinajstić information content (AvgIpc) is 2.44. The molecule has 1 unspecified atom stereocenters. The fraction of sp³-hybridized carbons (Fsp3) is 0.500. The maximum atomic E-state index is 11.9. The van der Waals surface area contributed by atoms with Crippen LogP contribution in [0.25, 0.3) is 0 Å². The molecule has 5 heteroatoms. The molecule has 0 heterocycles. The van der Waals surface area contributed by atoms with Gasteiger partial charge in [-0.2, -0.15) is 0 Å². The van der Waals surface area contributed by atoms with E-state index in [1.807, 2.05) is 51.1 Å². The Morgan fingerprint density at radius 1 is 1.14 bits per heavy atom. The number of benzene rings is 1. The number of urea groups is 1. The molecule has 0 aromatic heterocycles. The molecule has 3 atom stereocenters. The maximum absolute atomic E-state index is 11.9. The molecule has 2 amide bonds. The summed E-state index contributed by atoms with van der Waals surface area (Å²) in [6.07, 6.45) is 1.39. The van der Waals surface area contributed by atoms with Gasteiger partial charge in [0.1, 0.15) is 6.04 Å². The number of aliphatic carboxylic acids is 1. The second-order valence-corrected chi connectivity index (χ2v) is 5.41. The van der Waals surface area contributed by atoms with Crippen molar-refractivity contribution in [2.75, 3.05) is 0 Å². The van der Waals surface area contributed by atoms with Crippen molar-refractivity contribution < 1.29 is 14.7 Å². The first-order valence-electron chi connectivity index (χ1n) is 7.27. The van der Waals surface area contributed by atoms with Gasteiger partial charge >= 0.3 is 12.0 Å². The third-order valence-electron chi connectivity index (χ3n) is 3.53. The van der Waals surface area contributed by atoms with E-state index >= 15 is 0 Å². The normalized spacial score (nSPS) is 14.8. The van der Waals surface area contributed by atoms with Gasteiger partial charge < -0.3 is 15.7 Å². The Morgan fingerprint density at radius 2 is 1.76 bits per heavy atom. The summed E-state index contributed by atoms with van der Waals surface area (Å²) in [4.78, 5) is 23.1. The Labute approximate surface area is 125 Å². The predicted molar refractivity (Wildman–Crippen MR) is 82.2 cm³/mol. The Morgan fingerprint density at radius 3 is 2.29 bits per heavy atom. The van der Waals surface area contributed by atoms with Gasteiger partial charge in [0, 0.05) is 6.04 Å². The lowest BCUT2D eigenvalue weighted by Crippen LogP contribution is -2.51. The molecule has 21 heavy (non-hydrogen) atoms. The molecule has 1 aromatic carbocycles. The Kier molecular flexibility index (Phi) is 6.72. The van der Waals surface area contributed by atoms with E-state index in [2.05, 4.69) is 10.6 Å². The number of amides is 2. The van der Waals surface area contributed by atoms with Crippen LogP contribution in [0.4, 0.5) is 4.79 Å². The molecule has 0 radical (unpaired) electrons. The van der Waals surface area contributed by atoms with Gasteiger partial charge in [-0.25, -0.2) is 9.59 Å². The van der Waals surface area contributed by atoms with E-state index in [-0.39, 0.29) is 12.0 Å². The first kappa shape index (κ1) is 17.0. The van der Waals surface area contributed by atoms with Gasteiger partial charge in [-0.1, -0.05) is 50.6 Å². The lowest BCUT2D eigenvalue weighted by molar-refractivity contribution is -0.140. The summed E-state index contributed by atoms with van der Waals surface area (Å²) in [5.41, 5.74) is 1.13. The Balaban J connectivity index is 2.50. The monoisotopic (exact) mass is 292 g/mol. The van der Waals surface area contributed by atoms with E-state index in [0.29, 0.717) is 12.8 Å². The highest BCUT2D eigenvalue weighted by Crippen LogP contribution is 2.08. The highest BCUT2D eigenvalue weighted by molar-refractivity contribution is 5.82. The van der Waals surface area contributed by atoms with Crippen LogP contribution in [0.2, 0.25) is 0 Å². The van der Waals surface area contributed by atoms with Crippen molar-refractivity contribution in [1.29, 1.82) is 0 Å². The van der Waals surface area contributed by atoms with E-state index in [1.165, 1.54) is 0 Å². The summed E-state index contributed by atoms with van der Waals surface area (Å²) in [6.45, 7) is 5.61. The van der Waals surface area contributed by atoms with Crippen molar-refractivity contribution in [2.45, 2.75) is 45.7 Å². The average molecular weight is 292 g/mol. The molecule has 1 rings (SSSR count). The Hall–Kier alpha value is -2.04. The first-order chi connectivity index (χ1) is 9.93. The zero-order valence-corrected chi connectivity index (χ0v) is 12.8. The van der Waals surface area contributed by atoms with Gasteiger partial charge in [0.15, 0.2) is 0 Å². The van der Waals surface area contributed by atoms with Gasteiger partial charge in [-0.3, -0.25) is 0 Å². The zero-order valence-electron chi connectivity index (χ0n) is 12.8. The van der Waals surface area contributed by atoms with E-state index in [1.54, 1.807) is 0 Å². The second-order valence-electron chi connectivity index (χ2n) is 5.41. The van der Waals surface area contributed by atoms with Crippen LogP contribution in [0.15, 0.2) is 30.3 Å². The molecule has 3 N–H and O–H groups in total. The molecule has 0 saturated heterocycles. The highest BCUT2D eigenvalue weighted by atomic mass is 16.4. The summed E-state index contributed by atoms with van der Waals surface area (Å²) < 4.78 is 0. The number of nitrogens with one attached hydrogen (secondary N) is 2. The lowest BCUT2D eigenvalue weighted by atomic mass is 9.99. The van der Waals surface area contributed by atoms with Crippen LogP contribution in [-0.4, -0.2) is 29.2 Å². The largest absolute Gasteiger partial charge is 0.480 e. The maximum Gasteiger partial charge on any atom is 0.326 e. The van der Waals surface area contributed by atoms with Gasteiger partial charge in [0.25, 0.3) is 0 Å². The van der Waals surface area contributed by atoms with Gasteiger partial charge in [-0.05, 0) is 24.8 Å². The molecule has 0 fully saturated rings. The van der Waals surface area contributed by atoms with Crippen molar-refractivity contribution >= 4 is 12.0 Å². The smallest absolute Gasteiger partial charge is 0.326 e. The van der Waals surface area contributed by atoms with Crippen LogP contribution < -0.4 is 10.6 Å². The number of rotatable bonds is 7. The minimum atomic E-state index is -1.00. The summed E-state index contributed by atoms with van der Waals surface area (Å²) in [5.74, 6) is -1.12. The van der Waals surface area contributed by atoms with Crippen molar-refractivity contribution in [3.05, 3.63) is 35.9 Å². The lowest BCUT2D eigenvalue weighted by Gasteiger charge is -2.22. The van der Waals surface area contributed by atoms with Crippen molar-refractivity contribution in [3.8, 4) is 0 Å². The van der Waals surface area contributed by atoms with Crippen LogP contribution in [0.1, 0.15) is 32.8 Å². The number of hydrogen-bond donors (Lipinski definition) is 3. The van der Waals surface area contributed by atoms with Crippen LogP contribution in [0, 0.1) is 5.92 Å². The fourth-order valence-electron chi connectivity index (χ4n) is 2.11. The topological polar surface area (TPSA) is 78.4 Å². The molecular weight excluding hydrogens is 268 g/mol. The summed E-state index contributed by atoms with van der Waals surface area (Å²) in [5, 5.41) is 14.5. The summed E-state index contributed by atoms with van der Waals surface area (Å²) in [7, 11) is 0. The summed E-state index contributed by atoms with van der Waals surface area (Å²) in [6, 6.07) is 8.46. The standard InChI is InChI=1S/C16H24N2O3/c1-4-11(2)14(15(19)20)18-16(21)17-12(3)10-13-8-6-5-7-9-13/h5-9,11-12,14H,4,10H2,1-3H3,(H,19,20)(H2,17,18,21)/t11-,12?,14-/m0/s1. The van der Waals surface area contributed by atoms with Gasteiger partial charge in [0.05, 0.1) is 0 Å². The van der Waals surface area contributed by atoms with Crippen LogP contribution in [0.5, 0.6) is 0 Å². The van der Waals surface area contributed by atoms with E-state index in [9.17, 15) is 9.59 Å². The molecule has 0 aliphatic carbocycles. The van der Waals surface area contributed by atoms with E-state index < -0.39 is 18.0 Å². The first-order valence-corrected chi connectivity index (χ1v) is 7.27. The fourth-order valence-corrected chi connectivity index (χ4v) is 2.11. The van der Waals surface area contributed by atoms with Crippen LogP contribution in [-0.2, 0) is 11.2 Å². The molecule has 116 valence electrons. The van der Waals surface area contributed by atoms with E-state index in [4.69, 9.17) is 5.11 Å².